The van der Waals surface area contributed by atoms with Gasteiger partial charge < -0.3 is 9.64 Å². The molecule has 1 aromatic carbocycles. The average molecular weight is 382 g/mol. The summed E-state index contributed by atoms with van der Waals surface area (Å²) in [7, 11) is 0. The minimum Gasteiger partial charge on any atom is -0.464 e. The van der Waals surface area contributed by atoms with Crippen molar-refractivity contribution >= 4 is 18.0 Å². The minimum atomic E-state index is -0.809. The average Bonchev–Trinajstić information content (AvgIpc) is 3.16. The molecule has 4 heteroatoms. The molecule has 28 heavy (non-hydrogen) atoms. The quantitative estimate of drug-likeness (QED) is 0.415. The van der Waals surface area contributed by atoms with E-state index in [0.717, 1.165) is 37.7 Å². The van der Waals surface area contributed by atoms with Crippen molar-refractivity contribution in [2.45, 2.75) is 58.4 Å². The Hall–Kier alpha value is -2.10. The number of ether oxygens (including phenoxy) is 1. The molecule has 0 aromatic heterocycles. The molecule has 1 aliphatic heterocycles. The van der Waals surface area contributed by atoms with E-state index in [1.807, 2.05) is 41.3 Å². The third-order valence-corrected chi connectivity index (χ3v) is 8.11. The number of nitrogens with zero attached hydrogens (tertiary/aromatic N) is 1. The minimum absolute atomic E-state index is 0.00692. The van der Waals surface area contributed by atoms with Crippen molar-refractivity contribution < 1.29 is 14.3 Å². The van der Waals surface area contributed by atoms with E-state index in [-0.39, 0.29) is 22.7 Å². The highest BCUT2D eigenvalue weighted by Crippen LogP contribution is 2.76. The lowest BCUT2D eigenvalue weighted by atomic mass is 9.65. The van der Waals surface area contributed by atoms with Gasteiger partial charge in [0.2, 0.25) is 5.91 Å². The number of unbranched alkanes of at least 4 members (excludes halogenated alkanes) is 1. The largest absolute Gasteiger partial charge is 0.464 e. The standard InChI is InChI=1S/C24H31NO3/c1-4-5-15-28-21(27)24-16-19-13-14-23(24,3)22(19,2)17-25(24)20(26)12-11-18-9-7-6-8-10-18/h6-12,19H,4-5,13-17H2,1-3H3. The lowest BCUT2D eigenvalue weighted by molar-refractivity contribution is -0.168. The van der Waals surface area contributed by atoms with Crippen LogP contribution in [-0.2, 0) is 14.3 Å². The third kappa shape index (κ3) is 2.42. The molecule has 0 radical (unpaired) electrons. The fourth-order valence-electron chi connectivity index (χ4n) is 6.22. The van der Waals surface area contributed by atoms with Crippen molar-refractivity contribution in [2.24, 2.45) is 16.7 Å². The van der Waals surface area contributed by atoms with E-state index in [4.69, 9.17) is 4.74 Å². The summed E-state index contributed by atoms with van der Waals surface area (Å²) in [6, 6.07) is 9.81. The highest BCUT2D eigenvalue weighted by atomic mass is 16.5. The first-order valence-electron chi connectivity index (χ1n) is 10.6. The Kier molecular flexibility index (Phi) is 4.64. The van der Waals surface area contributed by atoms with Crippen LogP contribution >= 0.6 is 0 Å². The van der Waals surface area contributed by atoms with Gasteiger partial charge >= 0.3 is 5.97 Å². The van der Waals surface area contributed by atoms with Gasteiger partial charge in [0.15, 0.2) is 0 Å². The molecule has 3 aliphatic rings. The summed E-state index contributed by atoms with van der Waals surface area (Å²) in [4.78, 5) is 28.5. The lowest BCUT2D eigenvalue weighted by Crippen LogP contribution is -2.61. The van der Waals surface area contributed by atoms with Crippen molar-refractivity contribution in [2.75, 3.05) is 13.2 Å². The molecule has 4 bridgehead atoms. The smallest absolute Gasteiger partial charge is 0.332 e. The van der Waals surface area contributed by atoms with Crippen LogP contribution in [0.25, 0.3) is 6.08 Å². The maximum Gasteiger partial charge on any atom is 0.332 e. The van der Waals surface area contributed by atoms with E-state index < -0.39 is 5.54 Å². The van der Waals surface area contributed by atoms with E-state index >= 15 is 0 Å². The number of benzene rings is 1. The van der Waals surface area contributed by atoms with Gasteiger partial charge in [-0.25, -0.2) is 4.79 Å². The number of esters is 1. The van der Waals surface area contributed by atoms with Crippen molar-refractivity contribution in [3.63, 3.8) is 0 Å². The Morgan fingerprint density at radius 1 is 1.25 bits per heavy atom. The normalized spacial score (nSPS) is 35.7. The van der Waals surface area contributed by atoms with Gasteiger partial charge in [0.05, 0.1) is 6.61 Å². The lowest BCUT2D eigenvalue weighted by Gasteiger charge is -2.45. The highest BCUT2D eigenvalue weighted by Gasteiger charge is 2.81. The molecule has 1 aromatic rings. The summed E-state index contributed by atoms with van der Waals surface area (Å²) in [6.07, 6.45) is 8.20. The molecule has 3 fully saturated rings. The zero-order valence-corrected chi connectivity index (χ0v) is 17.2. The van der Waals surface area contributed by atoms with E-state index in [1.165, 1.54) is 0 Å². The molecule has 1 heterocycles. The Morgan fingerprint density at radius 3 is 2.68 bits per heavy atom. The Balaban J connectivity index is 1.64. The summed E-state index contributed by atoms with van der Waals surface area (Å²) in [5, 5.41) is 0. The highest BCUT2D eigenvalue weighted by molar-refractivity contribution is 5.98. The summed E-state index contributed by atoms with van der Waals surface area (Å²) >= 11 is 0. The molecule has 1 saturated heterocycles. The predicted molar refractivity (Wildman–Crippen MR) is 109 cm³/mol. The molecule has 4 rings (SSSR count). The molecule has 0 spiro atoms. The summed E-state index contributed by atoms with van der Waals surface area (Å²) in [5.74, 6) is 0.237. The fourth-order valence-corrected chi connectivity index (χ4v) is 6.22. The molecule has 4 unspecified atom stereocenters. The number of piperidine rings is 1. The molecule has 4 atom stereocenters. The molecule has 150 valence electrons. The van der Waals surface area contributed by atoms with Crippen LogP contribution in [-0.4, -0.2) is 35.5 Å². The van der Waals surface area contributed by atoms with Crippen LogP contribution < -0.4 is 0 Å². The number of hydrogen-bond acceptors (Lipinski definition) is 3. The van der Waals surface area contributed by atoms with Crippen LogP contribution in [0.4, 0.5) is 0 Å². The first-order valence-corrected chi connectivity index (χ1v) is 10.6. The third-order valence-electron chi connectivity index (χ3n) is 8.11. The summed E-state index contributed by atoms with van der Waals surface area (Å²) in [5.41, 5.74) is -0.0352. The zero-order valence-electron chi connectivity index (χ0n) is 17.2. The van der Waals surface area contributed by atoms with Crippen molar-refractivity contribution in [3.8, 4) is 0 Å². The maximum absolute atomic E-state index is 13.4. The van der Waals surface area contributed by atoms with Crippen LogP contribution in [0.3, 0.4) is 0 Å². The summed E-state index contributed by atoms with van der Waals surface area (Å²) < 4.78 is 5.74. The van der Waals surface area contributed by atoms with E-state index in [9.17, 15) is 9.59 Å². The second kappa shape index (κ2) is 6.75. The topological polar surface area (TPSA) is 46.6 Å². The van der Waals surface area contributed by atoms with Gasteiger partial charge in [-0.15, -0.1) is 0 Å². The zero-order chi connectivity index (χ0) is 20.0. The van der Waals surface area contributed by atoms with Gasteiger partial charge in [0, 0.05) is 18.0 Å². The summed E-state index contributed by atoms with van der Waals surface area (Å²) in [6.45, 7) is 7.67. The second-order valence-corrected chi connectivity index (χ2v) is 9.21. The van der Waals surface area contributed by atoms with Gasteiger partial charge in [-0.2, -0.15) is 0 Å². The van der Waals surface area contributed by atoms with Gasteiger partial charge in [0.25, 0.3) is 0 Å². The number of likely N-dealkylation sites (tertiary alicyclic amines) is 1. The van der Waals surface area contributed by atoms with Crippen LogP contribution in [0, 0.1) is 16.7 Å². The molecule has 4 nitrogen and oxygen atoms in total. The molecule has 1 amide bonds. The number of amides is 1. The monoisotopic (exact) mass is 381 g/mol. The number of rotatable bonds is 6. The molecular formula is C24H31NO3. The van der Waals surface area contributed by atoms with Crippen LogP contribution in [0.1, 0.15) is 58.4 Å². The molecule has 2 aliphatic carbocycles. The second-order valence-electron chi connectivity index (χ2n) is 9.21. The molecule has 0 N–H and O–H groups in total. The van der Waals surface area contributed by atoms with Gasteiger partial charge in [-0.3, -0.25) is 4.79 Å². The predicted octanol–water partition coefficient (Wildman–Crippen LogP) is 4.45. The maximum atomic E-state index is 13.4. The SMILES string of the molecule is CCCCOC(=O)C12CC3CCC1(C)C3(C)CN2C(=O)C=Cc1ccccc1. The van der Waals surface area contributed by atoms with Crippen LogP contribution in [0.5, 0.6) is 0 Å². The number of carbonyl (C=O) groups excluding carboxylic acids is 2. The Morgan fingerprint density at radius 2 is 2.00 bits per heavy atom. The Labute approximate surface area is 167 Å². The van der Waals surface area contributed by atoms with Gasteiger partial charge in [-0.05, 0) is 48.7 Å². The van der Waals surface area contributed by atoms with Crippen molar-refractivity contribution in [3.05, 3.63) is 42.0 Å². The first kappa shape index (κ1) is 19.2. The van der Waals surface area contributed by atoms with Gasteiger partial charge in [-0.1, -0.05) is 57.5 Å². The van der Waals surface area contributed by atoms with Crippen LogP contribution in [0.15, 0.2) is 36.4 Å². The van der Waals surface area contributed by atoms with Crippen molar-refractivity contribution in [1.82, 2.24) is 4.90 Å². The van der Waals surface area contributed by atoms with Crippen molar-refractivity contribution in [1.29, 1.82) is 0 Å². The first-order chi connectivity index (χ1) is 13.4. The fraction of sp³-hybridized carbons (Fsp3) is 0.583. The van der Waals surface area contributed by atoms with E-state index in [2.05, 4.69) is 20.8 Å². The Bertz CT molecular complexity index is 803. The van der Waals surface area contributed by atoms with E-state index in [0.29, 0.717) is 19.1 Å². The van der Waals surface area contributed by atoms with E-state index in [1.54, 1.807) is 6.08 Å². The van der Waals surface area contributed by atoms with Crippen LogP contribution in [0.2, 0.25) is 0 Å². The molecular weight excluding hydrogens is 350 g/mol. The molecule has 2 saturated carbocycles. The number of hydrogen-bond donors (Lipinski definition) is 0. The van der Waals surface area contributed by atoms with Gasteiger partial charge in [0.1, 0.15) is 5.54 Å². The number of carbonyl (C=O) groups is 2.